The summed E-state index contributed by atoms with van der Waals surface area (Å²) in [6.45, 7) is 3.42. The maximum absolute atomic E-state index is 15.5. The standard InChI is InChI=1S/C36H36ClFN4O4/c1-22-20-40-36(41-24-9-12-31(30(38)18-24)42-15-13-23(14-16-42)17-32(44-2)45-3)33-28(21-39-34(22)33)35(43)27-11-10-26(19-29(27)37)46-25-7-5-4-6-8-25/h4-12,18-21,23,32,39H,13-17H2,1-3H3,(H,40,41). The zero-order chi connectivity index (χ0) is 32.2. The number of para-hydroxylation sites is 1. The summed E-state index contributed by atoms with van der Waals surface area (Å²) in [6, 6.07) is 19.4. The molecule has 1 aliphatic heterocycles. The van der Waals surface area contributed by atoms with Gasteiger partial charge in [0.1, 0.15) is 23.1 Å². The van der Waals surface area contributed by atoms with Gasteiger partial charge in [-0.1, -0.05) is 29.8 Å². The fraction of sp³-hybridized carbons (Fsp3) is 0.278. The lowest BCUT2D eigenvalue weighted by Crippen LogP contribution is -2.35. The minimum absolute atomic E-state index is 0.214. The number of halogens is 2. The van der Waals surface area contributed by atoms with Gasteiger partial charge in [0.2, 0.25) is 0 Å². The van der Waals surface area contributed by atoms with Crippen LogP contribution < -0.4 is 15.0 Å². The number of methoxy groups -OCH3 is 2. The van der Waals surface area contributed by atoms with Gasteiger partial charge in [-0.15, -0.1) is 0 Å². The van der Waals surface area contributed by atoms with Gasteiger partial charge in [0.25, 0.3) is 0 Å². The zero-order valence-electron chi connectivity index (χ0n) is 26.0. The molecule has 8 nitrogen and oxygen atoms in total. The molecule has 0 unspecified atom stereocenters. The van der Waals surface area contributed by atoms with Gasteiger partial charge >= 0.3 is 0 Å². The number of rotatable bonds is 11. The van der Waals surface area contributed by atoms with E-state index in [-0.39, 0.29) is 22.9 Å². The molecule has 46 heavy (non-hydrogen) atoms. The van der Waals surface area contributed by atoms with Crippen molar-refractivity contribution in [3.8, 4) is 11.5 Å². The number of benzene rings is 3. The Bertz CT molecular complexity index is 1840. The van der Waals surface area contributed by atoms with Gasteiger partial charge in [-0.25, -0.2) is 9.37 Å². The molecule has 0 spiro atoms. The molecule has 5 aromatic rings. The third-order valence-corrected chi connectivity index (χ3v) is 8.84. The predicted octanol–water partition coefficient (Wildman–Crippen LogP) is 8.66. The van der Waals surface area contributed by atoms with Crippen molar-refractivity contribution in [2.24, 2.45) is 5.92 Å². The van der Waals surface area contributed by atoms with Crippen LogP contribution in [0, 0.1) is 18.7 Å². The highest BCUT2D eigenvalue weighted by molar-refractivity contribution is 6.36. The van der Waals surface area contributed by atoms with Crippen LogP contribution in [0.5, 0.6) is 11.5 Å². The number of carbonyl (C=O) groups is 1. The van der Waals surface area contributed by atoms with Crippen molar-refractivity contribution in [2.45, 2.75) is 32.5 Å². The third-order valence-electron chi connectivity index (χ3n) is 8.52. The van der Waals surface area contributed by atoms with Crippen LogP contribution in [0.2, 0.25) is 5.02 Å². The number of hydrogen-bond acceptors (Lipinski definition) is 7. The van der Waals surface area contributed by atoms with E-state index in [1.165, 1.54) is 6.07 Å². The van der Waals surface area contributed by atoms with Crippen molar-refractivity contribution in [1.82, 2.24) is 9.97 Å². The molecule has 238 valence electrons. The number of pyridine rings is 1. The second-order valence-corrected chi connectivity index (χ2v) is 11.9. The van der Waals surface area contributed by atoms with Gasteiger partial charge in [0, 0.05) is 63.4 Å². The number of anilines is 3. The fourth-order valence-electron chi connectivity index (χ4n) is 6.01. The molecule has 0 atom stereocenters. The first-order valence-corrected chi connectivity index (χ1v) is 15.6. The summed E-state index contributed by atoms with van der Waals surface area (Å²) in [5.74, 6) is 1.49. The van der Waals surface area contributed by atoms with Crippen LogP contribution in [0.15, 0.2) is 79.1 Å². The van der Waals surface area contributed by atoms with Crippen LogP contribution >= 0.6 is 11.6 Å². The van der Waals surface area contributed by atoms with Crippen LogP contribution in [0.1, 0.15) is 40.7 Å². The number of ketones is 1. The molecule has 1 saturated heterocycles. The Kier molecular flexibility index (Phi) is 9.53. The van der Waals surface area contributed by atoms with Gasteiger partial charge in [0.15, 0.2) is 12.1 Å². The molecule has 0 bridgehead atoms. The number of carbonyl (C=O) groups excluding carboxylic acids is 1. The summed E-state index contributed by atoms with van der Waals surface area (Å²) in [5.41, 5.74) is 3.44. The molecule has 2 N–H and O–H groups in total. The van der Waals surface area contributed by atoms with E-state index >= 15 is 4.39 Å². The van der Waals surface area contributed by atoms with Crippen LogP contribution in [0.3, 0.4) is 0 Å². The van der Waals surface area contributed by atoms with Gasteiger partial charge in [-0.2, -0.15) is 0 Å². The SMILES string of the molecule is COC(CC1CCN(c2ccc(Nc3ncc(C)c4[nH]cc(C(=O)c5ccc(Oc6ccccc6)cc5Cl)c34)cc2F)CC1)OC. The minimum atomic E-state index is -0.326. The lowest BCUT2D eigenvalue weighted by molar-refractivity contribution is -0.115. The highest BCUT2D eigenvalue weighted by Crippen LogP contribution is 2.35. The second-order valence-electron chi connectivity index (χ2n) is 11.5. The van der Waals surface area contributed by atoms with Gasteiger partial charge in [-0.3, -0.25) is 4.79 Å². The van der Waals surface area contributed by atoms with Crippen LogP contribution in [0.4, 0.5) is 21.6 Å². The van der Waals surface area contributed by atoms with Crippen LogP contribution in [-0.2, 0) is 9.47 Å². The van der Waals surface area contributed by atoms with Gasteiger partial charge < -0.3 is 29.4 Å². The quantitative estimate of drug-likeness (QED) is 0.110. The fourth-order valence-corrected chi connectivity index (χ4v) is 6.26. The zero-order valence-corrected chi connectivity index (χ0v) is 26.7. The molecule has 1 fully saturated rings. The number of aryl methyl sites for hydroxylation is 1. The molecule has 3 aromatic carbocycles. The molecule has 0 saturated carbocycles. The predicted molar refractivity (Wildman–Crippen MR) is 179 cm³/mol. The van der Waals surface area contributed by atoms with E-state index < -0.39 is 0 Å². The number of aromatic nitrogens is 2. The lowest BCUT2D eigenvalue weighted by Gasteiger charge is -2.34. The smallest absolute Gasteiger partial charge is 0.196 e. The number of H-pyrrole nitrogens is 1. The Morgan fingerprint density at radius 1 is 1.04 bits per heavy atom. The molecule has 3 heterocycles. The second kappa shape index (κ2) is 13.9. The van der Waals surface area contributed by atoms with Crippen molar-refractivity contribution in [2.75, 3.05) is 37.5 Å². The van der Waals surface area contributed by atoms with Crippen molar-refractivity contribution >= 4 is 45.5 Å². The summed E-state index contributed by atoms with van der Waals surface area (Å²) in [5, 5.41) is 4.11. The van der Waals surface area contributed by atoms with E-state index in [9.17, 15) is 4.79 Å². The number of piperidine rings is 1. The van der Waals surface area contributed by atoms with Crippen LogP contribution in [-0.4, -0.2) is 49.4 Å². The largest absolute Gasteiger partial charge is 0.457 e. The third kappa shape index (κ3) is 6.72. The van der Waals surface area contributed by atoms with E-state index in [2.05, 4.69) is 20.2 Å². The Hall–Kier alpha value is -4.44. The summed E-state index contributed by atoms with van der Waals surface area (Å²) < 4.78 is 32.1. The Morgan fingerprint density at radius 3 is 2.50 bits per heavy atom. The van der Waals surface area contributed by atoms with E-state index in [1.54, 1.807) is 50.9 Å². The molecule has 0 aliphatic carbocycles. The molecular formula is C36H36ClFN4O4. The normalized spacial score (nSPS) is 13.8. The van der Waals surface area contributed by atoms with Crippen molar-refractivity contribution in [3.05, 3.63) is 107 Å². The maximum Gasteiger partial charge on any atom is 0.196 e. The highest BCUT2D eigenvalue weighted by Gasteiger charge is 2.25. The van der Waals surface area contributed by atoms with Crippen molar-refractivity contribution in [3.63, 3.8) is 0 Å². The topological polar surface area (TPSA) is 88.7 Å². The average Bonchev–Trinajstić information content (AvgIpc) is 3.52. The molecule has 2 aromatic heterocycles. The summed E-state index contributed by atoms with van der Waals surface area (Å²) in [6.07, 6.45) is 5.86. The Balaban J connectivity index is 1.21. The molecule has 0 radical (unpaired) electrons. The number of nitrogens with one attached hydrogen (secondary N) is 2. The average molecular weight is 643 g/mol. The molecular weight excluding hydrogens is 607 g/mol. The number of aromatic amines is 1. The van der Waals surface area contributed by atoms with Gasteiger partial charge in [0.05, 0.1) is 27.2 Å². The highest BCUT2D eigenvalue weighted by atomic mass is 35.5. The molecule has 1 aliphatic rings. The molecule has 10 heteroatoms. The first kappa shape index (κ1) is 31.5. The van der Waals surface area contributed by atoms with Crippen molar-refractivity contribution in [1.29, 1.82) is 0 Å². The van der Waals surface area contributed by atoms with Crippen molar-refractivity contribution < 1.29 is 23.4 Å². The van der Waals surface area contributed by atoms with E-state index in [1.807, 2.05) is 43.3 Å². The molecule has 6 rings (SSSR count). The number of fused-ring (bicyclic) bond motifs is 1. The first-order chi connectivity index (χ1) is 22.3. The Morgan fingerprint density at radius 2 is 1.80 bits per heavy atom. The Labute approximate surface area is 272 Å². The van der Waals surface area contributed by atoms with E-state index in [0.717, 1.165) is 43.4 Å². The maximum atomic E-state index is 15.5. The summed E-state index contributed by atoms with van der Waals surface area (Å²) in [7, 11) is 3.30. The minimum Gasteiger partial charge on any atom is -0.457 e. The van der Waals surface area contributed by atoms with Crippen LogP contribution in [0.25, 0.3) is 10.9 Å². The first-order valence-electron chi connectivity index (χ1n) is 15.3. The summed E-state index contributed by atoms with van der Waals surface area (Å²) >= 11 is 6.60. The van der Waals surface area contributed by atoms with E-state index in [4.69, 9.17) is 25.8 Å². The number of hydrogen-bond donors (Lipinski definition) is 2. The van der Waals surface area contributed by atoms with E-state index in [0.29, 0.717) is 51.1 Å². The summed E-state index contributed by atoms with van der Waals surface area (Å²) in [4.78, 5) is 23.7. The monoisotopic (exact) mass is 642 g/mol. The molecule has 0 amide bonds. The number of nitrogens with zero attached hydrogens (tertiary/aromatic N) is 2. The van der Waals surface area contributed by atoms with Gasteiger partial charge in [-0.05, 0) is 73.7 Å². The lowest BCUT2D eigenvalue weighted by atomic mass is 9.93. The number of ether oxygens (including phenoxy) is 3.